The average molecular weight is 467 g/mol. The van der Waals surface area contributed by atoms with Gasteiger partial charge in [-0.25, -0.2) is 4.98 Å². The quantitative estimate of drug-likeness (QED) is 0.387. The van der Waals surface area contributed by atoms with Crippen molar-refractivity contribution < 1.29 is 19.5 Å². The predicted molar refractivity (Wildman–Crippen MR) is 125 cm³/mol. The second kappa shape index (κ2) is 10.3. The van der Waals surface area contributed by atoms with Gasteiger partial charge in [-0.1, -0.05) is 12.1 Å². The molecule has 1 fully saturated rings. The summed E-state index contributed by atoms with van der Waals surface area (Å²) in [6, 6.07) is 6.05. The highest BCUT2D eigenvalue weighted by atomic mass is 16.4. The second-order valence-corrected chi connectivity index (χ2v) is 8.74. The lowest BCUT2D eigenvalue weighted by atomic mass is 9.73. The lowest BCUT2D eigenvalue weighted by Gasteiger charge is -2.38. The van der Waals surface area contributed by atoms with Gasteiger partial charge < -0.3 is 21.5 Å². The third-order valence-corrected chi connectivity index (χ3v) is 6.64. The molecule has 2 aliphatic heterocycles. The van der Waals surface area contributed by atoms with Crippen molar-refractivity contribution in [3.63, 3.8) is 0 Å². The number of fused-ring (bicyclic) bond motifs is 1. The van der Waals surface area contributed by atoms with Crippen LogP contribution in [-0.2, 0) is 32.6 Å². The van der Waals surface area contributed by atoms with E-state index < -0.39 is 29.1 Å². The number of nitrogens with two attached hydrogens (primary N) is 1. The molecule has 10 heteroatoms. The highest BCUT2D eigenvalue weighted by Gasteiger charge is 2.56. The number of nitrogens with one attached hydrogen (secondary N) is 2. The minimum Gasteiger partial charge on any atom is -0.480 e. The van der Waals surface area contributed by atoms with Gasteiger partial charge in [0.1, 0.15) is 5.82 Å². The van der Waals surface area contributed by atoms with Crippen LogP contribution in [0, 0.1) is 0 Å². The van der Waals surface area contributed by atoms with Crippen molar-refractivity contribution in [2.45, 2.75) is 43.6 Å². The van der Waals surface area contributed by atoms with Crippen molar-refractivity contribution in [3.8, 4) is 0 Å². The van der Waals surface area contributed by atoms with Crippen LogP contribution in [0.15, 0.2) is 36.7 Å². The summed E-state index contributed by atoms with van der Waals surface area (Å²) in [5.41, 5.74) is 5.04. The Morgan fingerprint density at radius 1 is 1.21 bits per heavy atom. The van der Waals surface area contributed by atoms with E-state index in [2.05, 4.69) is 15.6 Å². The molecule has 4 rings (SSSR count). The van der Waals surface area contributed by atoms with Gasteiger partial charge in [0.25, 0.3) is 0 Å². The van der Waals surface area contributed by atoms with E-state index in [9.17, 15) is 19.5 Å². The predicted octanol–water partition coefficient (Wildman–Crippen LogP) is 0.466. The smallest absolute Gasteiger partial charge is 0.331 e. The highest BCUT2D eigenvalue weighted by molar-refractivity contribution is 6.28. The summed E-state index contributed by atoms with van der Waals surface area (Å²) in [6.07, 6.45) is 6.25. The molecular weight excluding hydrogens is 436 g/mol. The summed E-state index contributed by atoms with van der Waals surface area (Å²) >= 11 is 0. The molecule has 34 heavy (non-hydrogen) atoms. The van der Waals surface area contributed by atoms with Gasteiger partial charge in [0.05, 0.1) is 6.04 Å². The fraction of sp³-hybridized carbons (Fsp3) is 0.458. The molecule has 2 aliphatic rings. The third-order valence-electron chi connectivity index (χ3n) is 6.64. The zero-order valence-electron chi connectivity index (χ0n) is 19.0. The fourth-order valence-electron chi connectivity index (χ4n) is 4.82. The van der Waals surface area contributed by atoms with E-state index in [1.54, 1.807) is 0 Å². The van der Waals surface area contributed by atoms with Crippen LogP contribution in [0.25, 0.3) is 0 Å². The minimum atomic E-state index is -2.53. The Labute approximate surface area is 198 Å². The topological polar surface area (TPSA) is 151 Å². The number of aryl methyl sites for hydroxylation is 2. The molecule has 5 N–H and O–H groups in total. The van der Waals surface area contributed by atoms with E-state index in [4.69, 9.17) is 10.7 Å². The first-order valence-electron chi connectivity index (χ1n) is 11.6. The first kappa shape index (κ1) is 23.8. The van der Waals surface area contributed by atoms with Crippen molar-refractivity contribution in [1.82, 2.24) is 20.2 Å². The van der Waals surface area contributed by atoms with Gasteiger partial charge in [-0.15, -0.1) is 0 Å². The van der Waals surface area contributed by atoms with E-state index in [0.29, 0.717) is 26.1 Å². The van der Waals surface area contributed by atoms with E-state index in [1.807, 2.05) is 17.0 Å². The Morgan fingerprint density at radius 3 is 2.74 bits per heavy atom. The molecule has 0 aliphatic carbocycles. The number of amides is 1. The second-order valence-electron chi connectivity index (χ2n) is 8.74. The normalized spacial score (nSPS) is 18.7. The van der Waals surface area contributed by atoms with Crippen LogP contribution in [0.5, 0.6) is 0 Å². The first-order chi connectivity index (χ1) is 16.4. The number of rotatable bonds is 9. The molecule has 0 saturated carbocycles. The van der Waals surface area contributed by atoms with E-state index in [1.165, 1.54) is 24.5 Å². The Hall–Kier alpha value is -3.37. The van der Waals surface area contributed by atoms with Crippen LogP contribution in [0.3, 0.4) is 0 Å². The van der Waals surface area contributed by atoms with Gasteiger partial charge in [0.2, 0.25) is 11.3 Å². The third kappa shape index (κ3) is 4.51. The largest absolute Gasteiger partial charge is 0.480 e. The van der Waals surface area contributed by atoms with E-state index in [-0.39, 0.29) is 5.56 Å². The summed E-state index contributed by atoms with van der Waals surface area (Å²) < 4.78 is 0. The van der Waals surface area contributed by atoms with Crippen molar-refractivity contribution in [2.24, 2.45) is 5.73 Å². The Balaban J connectivity index is 1.67. The maximum atomic E-state index is 14.0. The van der Waals surface area contributed by atoms with Gasteiger partial charge in [-0.3, -0.25) is 24.3 Å². The number of Topliss-reactive ketones (excluding diaryl/α,β-unsaturated/α-hetero) is 1. The van der Waals surface area contributed by atoms with Crippen LogP contribution >= 0.6 is 0 Å². The van der Waals surface area contributed by atoms with Gasteiger partial charge in [-0.2, -0.15) is 0 Å². The SMILES string of the molecule is NC(=O)[C@@](C(=O)O)(C(=O)C(CCc1ccc2c(n1)NCCC2)N1CCCNC1)c1cccnc1. The number of ketones is 1. The number of carboxylic acids is 1. The maximum absolute atomic E-state index is 14.0. The molecule has 2 aromatic rings. The highest BCUT2D eigenvalue weighted by Crippen LogP contribution is 2.30. The number of primary amides is 1. The molecule has 1 unspecified atom stereocenters. The minimum absolute atomic E-state index is 0.0360. The maximum Gasteiger partial charge on any atom is 0.331 e. The molecule has 0 spiro atoms. The van der Waals surface area contributed by atoms with Crippen LogP contribution in [0.4, 0.5) is 5.82 Å². The lowest BCUT2D eigenvalue weighted by molar-refractivity contribution is -0.155. The van der Waals surface area contributed by atoms with Crippen molar-refractivity contribution in [2.75, 3.05) is 31.6 Å². The van der Waals surface area contributed by atoms with Crippen molar-refractivity contribution in [1.29, 1.82) is 0 Å². The molecule has 4 heterocycles. The number of aliphatic carboxylic acids is 1. The summed E-state index contributed by atoms with van der Waals surface area (Å²) in [6.45, 7) is 2.69. The van der Waals surface area contributed by atoms with Crippen LogP contribution in [0.2, 0.25) is 0 Å². The van der Waals surface area contributed by atoms with Gasteiger partial charge in [0.15, 0.2) is 5.78 Å². The van der Waals surface area contributed by atoms with Gasteiger partial charge >= 0.3 is 5.97 Å². The Kier molecular flexibility index (Phi) is 7.18. The number of pyridine rings is 2. The molecule has 0 bridgehead atoms. The van der Waals surface area contributed by atoms with Crippen molar-refractivity contribution >= 4 is 23.5 Å². The molecule has 180 valence electrons. The summed E-state index contributed by atoms with van der Waals surface area (Å²) in [7, 11) is 0. The number of carbonyl (C=O) groups is 3. The lowest BCUT2D eigenvalue weighted by Crippen LogP contribution is -2.62. The standard InChI is InChI=1S/C24H30N6O4/c25-22(32)24(23(33)34,17-5-2-10-26-14-17)20(31)19(30-13-3-11-27-15-30)9-8-18-7-6-16-4-1-12-28-21(16)29-18/h2,5-7,10,14,19,27H,1,3-4,8-9,11-13,15H2,(H2,25,32)(H,28,29)(H,33,34)/t19?,24-/m0/s1. The summed E-state index contributed by atoms with van der Waals surface area (Å²) in [5, 5.41) is 16.7. The van der Waals surface area contributed by atoms with Crippen LogP contribution < -0.4 is 16.4 Å². The summed E-state index contributed by atoms with van der Waals surface area (Å²) in [4.78, 5) is 49.7. The zero-order valence-corrected chi connectivity index (χ0v) is 19.0. The number of hydrogen-bond donors (Lipinski definition) is 4. The molecule has 10 nitrogen and oxygen atoms in total. The molecule has 0 aromatic carbocycles. The number of aromatic nitrogens is 2. The monoisotopic (exact) mass is 466 g/mol. The first-order valence-corrected chi connectivity index (χ1v) is 11.6. The number of nitrogens with zero attached hydrogens (tertiary/aromatic N) is 3. The number of anilines is 1. The molecule has 2 atom stereocenters. The summed E-state index contributed by atoms with van der Waals surface area (Å²) in [5.74, 6) is -2.70. The average Bonchev–Trinajstić information content (AvgIpc) is 2.85. The van der Waals surface area contributed by atoms with E-state index in [0.717, 1.165) is 49.4 Å². The van der Waals surface area contributed by atoms with Crippen LogP contribution in [0.1, 0.15) is 36.1 Å². The molecule has 2 aromatic heterocycles. The van der Waals surface area contributed by atoms with E-state index >= 15 is 0 Å². The number of carboxylic acid groups (broad SMARTS) is 1. The Bertz CT molecular complexity index is 1040. The van der Waals surface area contributed by atoms with Crippen molar-refractivity contribution in [3.05, 3.63) is 53.5 Å². The Morgan fingerprint density at radius 2 is 2.06 bits per heavy atom. The zero-order chi connectivity index (χ0) is 24.1. The van der Waals surface area contributed by atoms with Gasteiger partial charge in [0, 0.05) is 43.4 Å². The molecule has 1 amide bonds. The van der Waals surface area contributed by atoms with Crippen LogP contribution in [-0.4, -0.2) is 70.0 Å². The number of carbonyl (C=O) groups excluding carboxylic acids is 2. The fourth-order valence-corrected chi connectivity index (χ4v) is 4.82. The van der Waals surface area contributed by atoms with Gasteiger partial charge in [-0.05, 0) is 56.3 Å². The molecule has 0 radical (unpaired) electrons. The number of hydrogen-bond acceptors (Lipinski definition) is 8. The molecule has 1 saturated heterocycles. The molecular formula is C24H30N6O4.